The fourth-order valence-electron chi connectivity index (χ4n) is 3.81. The smallest absolute Gasteiger partial charge is 0.287 e. The van der Waals surface area contributed by atoms with Gasteiger partial charge in [0.05, 0.1) is 19.1 Å². The van der Waals surface area contributed by atoms with Crippen LogP contribution in [-0.4, -0.2) is 37.4 Å². The van der Waals surface area contributed by atoms with Crippen LogP contribution in [0.15, 0.2) is 71.3 Å². The van der Waals surface area contributed by atoms with Crippen molar-refractivity contribution in [3.05, 3.63) is 78.3 Å². The number of benzene rings is 2. The monoisotopic (exact) mass is 447 g/mol. The highest BCUT2D eigenvalue weighted by Gasteiger charge is 2.26. The fraction of sp³-hybridized carbons (Fsp3) is 0.240. The molecule has 1 aliphatic heterocycles. The zero-order chi connectivity index (χ0) is 23.2. The molecule has 1 aromatic heterocycles. The van der Waals surface area contributed by atoms with Gasteiger partial charge in [-0.25, -0.2) is 0 Å². The molecule has 0 aliphatic carbocycles. The molecule has 0 bridgehead atoms. The van der Waals surface area contributed by atoms with Crippen molar-refractivity contribution >= 4 is 29.1 Å². The van der Waals surface area contributed by atoms with Crippen molar-refractivity contribution in [3.63, 3.8) is 0 Å². The Labute approximate surface area is 191 Å². The Bertz CT molecular complexity index is 1130. The van der Waals surface area contributed by atoms with E-state index in [0.717, 1.165) is 12.0 Å². The molecule has 1 fully saturated rings. The van der Waals surface area contributed by atoms with Crippen LogP contribution in [0.5, 0.6) is 5.75 Å². The third-order valence-corrected chi connectivity index (χ3v) is 5.46. The molecule has 2 N–H and O–H groups in total. The number of carbonyl (C=O) groups is 3. The Kier molecular flexibility index (Phi) is 6.73. The Morgan fingerprint density at radius 2 is 1.94 bits per heavy atom. The SMILES string of the molecule is COc1cc(NC(=O)[C@H](Cc2ccccc2)NC(=O)c2ccco2)ccc1N1CCCC1=O. The molecule has 8 nitrogen and oxygen atoms in total. The number of ether oxygens (including phenoxy) is 1. The van der Waals surface area contributed by atoms with Crippen LogP contribution in [0, 0.1) is 0 Å². The van der Waals surface area contributed by atoms with Gasteiger partial charge in [0, 0.05) is 31.1 Å². The Morgan fingerprint density at radius 1 is 1.12 bits per heavy atom. The zero-order valence-electron chi connectivity index (χ0n) is 18.2. The summed E-state index contributed by atoms with van der Waals surface area (Å²) < 4.78 is 10.6. The van der Waals surface area contributed by atoms with Crippen molar-refractivity contribution in [2.75, 3.05) is 23.9 Å². The first kappa shape index (κ1) is 22.1. The first-order valence-corrected chi connectivity index (χ1v) is 10.7. The van der Waals surface area contributed by atoms with Crippen LogP contribution in [0.1, 0.15) is 29.0 Å². The van der Waals surface area contributed by atoms with E-state index in [1.807, 2.05) is 30.3 Å². The summed E-state index contributed by atoms with van der Waals surface area (Å²) in [6, 6.07) is 16.9. The van der Waals surface area contributed by atoms with Crippen LogP contribution in [0.4, 0.5) is 11.4 Å². The highest BCUT2D eigenvalue weighted by molar-refractivity contribution is 6.01. The maximum atomic E-state index is 13.2. The first-order chi connectivity index (χ1) is 16.0. The van der Waals surface area contributed by atoms with Gasteiger partial charge in [0.15, 0.2) is 5.76 Å². The lowest BCUT2D eigenvalue weighted by molar-refractivity contribution is -0.118. The van der Waals surface area contributed by atoms with Gasteiger partial charge >= 0.3 is 0 Å². The quantitative estimate of drug-likeness (QED) is 0.551. The lowest BCUT2D eigenvalue weighted by Crippen LogP contribution is -2.45. The van der Waals surface area contributed by atoms with Crippen LogP contribution in [0.3, 0.4) is 0 Å². The lowest BCUT2D eigenvalue weighted by Gasteiger charge is -2.21. The normalized spacial score (nSPS) is 14.1. The number of hydrogen-bond donors (Lipinski definition) is 2. The van der Waals surface area contributed by atoms with Crippen molar-refractivity contribution in [1.29, 1.82) is 0 Å². The summed E-state index contributed by atoms with van der Waals surface area (Å²) >= 11 is 0. The van der Waals surface area contributed by atoms with E-state index in [4.69, 9.17) is 9.15 Å². The molecule has 1 saturated heterocycles. The molecule has 4 rings (SSSR count). The Morgan fingerprint density at radius 3 is 2.61 bits per heavy atom. The van der Waals surface area contributed by atoms with Crippen LogP contribution in [0.2, 0.25) is 0 Å². The predicted octanol–water partition coefficient (Wildman–Crippen LogP) is 3.39. The summed E-state index contributed by atoms with van der Waals surface area (Å²) in [5, 5.41) is 5.60. The maximum absolute atomic E-state index is 13.2. The number of amides is 3. The van der Waals surface area contributed by atoms with Gasteiger partial charge in [-0.2, -0.15) is 0 Å². The molecule has 170 valence electrons. The number of furan rings is 1. The maximum Gasteiger partial charge on any atom is 0.287 e. The molecule has 33 heavy (non-hydrogen) atoms. The molecule has 1 atom stereocenters. The van der Waals surface area contributed by atoms with Crippen molar-refractivity contribution in [1.82, 2.24) is 5.32 Å². The second-order valence-electron chi connectivity index (χ2n) is 7.72. The largest absolute Gasteiger partial charge is 0.494 e. The van der Waals surface area contributed by atoms with Crippen molar-refractivity contribution < 1.29 is 23.5 Å². The molecule has 0 unspecified atom stereocenters. The van der Waals surface area contributed by atoms with Gasteiger partial charge < -0.3 is 24.7 Å². The lowest BCUT2D eigenvalue weighted by atomic mass is 10.0. The van der Waals surface area contributed by atoms with Gasteiger partial charge in [0.1, 0.15) is 11.8 Å². The number of methoxy groups -OCH3 is 1. The van der Waals surface area contributed by atoms with E-state index in [1.165, 1.54) is 19.4 Å². The molecular weight excluding hydrogens is 422 g/mol. The fourth-order valence-corrected chi connectivity index (χ4v) is 3.81. The standard InChI is InChI=1S/C25H25N3O5/c1-32-22-16-18(11-12-20(22)28-13-5-10-23(28)29)26-24(30)19(15-17-7-3-2-4-8-17)27-25(31)21-9-6-14-33-21/h2-4,6-9,11-12,14,16,19H,5,10,13,15H2,1H3,(H,26,30)(H,27,31)/t19-/m0/s1. The van der Waals surface area contributed by atoms with Gasteiger partial charge in [0.25, 0.3) is 5.91 Å². The Balaban J connectivity index is 1.53. The molecule has 3 amide bonds. The summed E-state index contributed by atoms with van der Waals surface area (Å²) in [4.78, 5) is 39.5. The van der Waals surface area contributed by atoms with E-state index in [9.17, 15) is 14.4 Å². The van der Waals surface area contributed by atoms with Gasteiger partial charge in [-0.1, -0.05) is 30.3 Å². The molecule has 0 spiro atoms. The van der Waals surface area contributed by atoms with E-state index in [2.05, 4.69) is 10.6 Å². The number of nitrogens with one attached hydrogen (secondary N) is 2. The molecule has 8 heteroatoms. The van der Waals surface area contributed by atoms with E-state index in [1.54, 1.807) is 29.2 Å². The van der Waals surface area contributed by atoms with E-state index in [-0.39, 0.29) is 17.6 Å². The van der Waals surface area contributed by atoms with Crippen LogP contribution >= 0.6 is 0 Å². The summed E-state index contributed by atoms with van der Waals surface area (Å²) in [7, 11) is 1.52. The third kappa shape index (κ3) is 5.23. The first-order valence-electron chi connectivity index (χ1n) is 10.7. The number of anilines is 2. The number of rotatable bonds is 8. The van der Waals surface area contributed by atoms with E-state index < -0.39 is 11.9 Å². The van der Waals surface area contributed by atoms with Gasteiger partial charge in [-0.05, 0) is 36.2 Å². The van der Waals surface area contributed by atoms with Crippen molar-refractivity contribution in [3.8, 4) is 5.75 Å². The minimum atomic E-state index is -0.837. The molecule has 1 aliphatic rings. The summed E-state index contributed by atoms with van der Waals surface area (Å²) in [5.74, 6) is -0.194. The average Bonchev–Trinajstić information content (AvgIpc) is 3.51. The van der Waals surface area contributed by atoms with E-state index in [0.29, 0.717) is 36.5 Å². The highest BCUT2D eigenvalue weighted by atomic mass is 16.5. The van der Waals surface area contributed by atoms with Crippen LogP contribution in [0.25, 0.3) is 0 Å². The highest BCUT2D eigenvalue weighted by Crippen LogP contribution is 2.33. The van der Waals surface area contributed by atoms with E-state index >= 15 is 0 Å². The van der Waals surface area contributed by atoms with Gasteiger partial charge in [0.2, 0.25) is 11.8 Å². The predicted molar refractivity (Wildman–Crippen MR) is 123 cm³/mol. The molecule has 0 radical (unpaired) electrons. The summed E-state index contributed by atoms with van der Waals surface area (Å²) in [5.41, 5.74) is 2.07. The van der Waals surface area contributed by atoms with Crippen LogP contribution < -0.4 is 20.3 Å². The molecule has 2 aromatic carbocycles. The minimum absolute atomic E-state index is 0.0497. The molecular formula is C25H25N3O5. The summed E-state index contributed by atoms with van der Waals surface area (Å²) in [6.45, 7) is 0.638. The third-order valence-electron chi connectivity index (χ3n) is 5.46. The van der Waals surface area contributed by atoms with Gasteiger partial charge in [-0.15, -0.1) is 0 Å². The minimum Gasteiger partial charge on any atom is -0.494 e. The second-order valence-corrected chi connectivity index (χ2v) is 7.72. The number of hydrogen-bond acceptors (Lipinski definition) is 5. The van der Waals surface area contributed by atoms with Crippen LogP contribution in [-0.2, 0) is 16.0 Å². The number of nitrogens with zero attached hydrogens (tertiary/aromatic N) is 1. The average molecular weight is 447 g/mol. The molecule has 3 aromatic rings. The van der Waals surface area contributed by atoms with Crippen molar-refractivity contribution in [2.24, 2.45) is 0 Å². The van der Waals surface area contributed by atoms with Crippen molar-refractivity contribution in [2.45, 2.75) is 25.3 Å². The number of carbonyl (C=O) groups excluding carboxylic acids is 3. The van der Waals surface area contributed by atoms with Gasteiger partial charge in [-0.3, -0.25) is 14.4 Å². The zero-order valence-corrected chi connectivity index (χ0v) is 18.2. The Hall–Kier alpha value is -4.07. The second kappa shape index (κ2) is 10.0. The summed E-state index contributed by atoms with van der Waals surface area (Å²) in [6.07, 6.45) is 3.02. The topological polar surface area (TPSA) is 101 Å². The molecule has 0 saturated carbocycles. The molecule has 2 heterocycles.